The van der Waals surface area contributed by atoms with Gasteiger partial charge in [-0.1, -0.05) is 25.2 Å². The number of nitrogens with zero attached hydrogens (tertiary/aromatic N) is 4. The van der Waals surface area contributed by atoms with Crippen molar-refractivity contribution in [2.45, 2.75) is 45.6 Å². The van der Waals surface area contributed by atoms with Gasteiger partial charge < -0.3 is 10.6 Å². The molecule has 1 amide bonds. The zero-order chi connectivity index (χ0) is 22.0. The lowest BCUT2D eigenvalue weighted by Crippen LogP contribution is -2.24. The highest BCUT2D eigenvalue weighted by Crippen LogP contribution is 2.22. The van der Waals surface area contributed by atoms with Crippen LogP contribution in [0.4, 0.5) is 5.82 Å². The van der Waals surface area contributed by atoms with Crippen molar-refractivity contribution in [3.8, 4) is 17.2 Å². The second kappa shape index (κ2) is 11.1. The van der Waals surface area contributed by atoms with Gasteiger partial charge in [0.15, 0.2) is 0 Å². The smallest absolute Gasteiger partial charge is 0.229 e. The topological polar surface area (TPSA) is 95.6 Å². The maximum absolute atomic E-state index is 12.1. The molecule has 158 valence electrons. The molecule has 0 saturated heterocycles. The summed E-state index contributed by atoms with van der Waals surface area (Å²) in [6.07, 6.45) is 13.8. The third kappa shape index (κ3) is 6.68. The van der Waals surface area contributed by atoms with Gasteiger partial charge in [0.1, 0.15) is 11.4 Å². The van der Waals surface area contributed by atoms with Gasteiger partial charge in [0.05, 0.1) is 18.7 Å². The zero-order valence-corrected chi connectivity index (χ0v) is 18.1. The van der Waals surface area contributed by atoms with Crippen molar-refractivity contribution >= 4 is 11.7 Å². The van der Waals surface area contributed by atoms with E-state index >= 15 is 0 Å². The van der Waals surface area contributed by atoms with Crippen molar-refractivity contribution in [1.82, 2.24) is 20.1 Å². The predicted molar refractivity (Wildman–Crippen MR) is 120 cm³/mol. The van der Waals surface area contributed by atoms with Crippen LogP contribution in [0.1, 0.15) is 40.0 Å². The van der Waals surface area contributed by atoms with Crippen LogP contribution in [-0.2, 0) is 10.3 Å². The minimum atomic E-state index is -0.707. The van der Waals surface area contributed by atoms with Crippen LogP contribution in [0.15, 0.2) is 54.5 Å². The molecule has 2 aromatic heterocycles. The van der Waals surface area contributed by atoms with E-state index in [2.05, 4.69) is 45.9 Å². The first-order valence-electron chi connectivity index (χ1n) is 10.1. The zero-order valence-electron chi connectivity index (χ0n) is 18.1. The molecule has 0 saturated carbocycles. The Morgan fingerprint density at radius 1 is 1.27 bits per heavy atom. The number of amides is 1. The Kier molecular flexibility index (Phi) is 8.51. The Labute approximate surface area is 178 Å². The van der Waals surface area contributed by atoms with Gasteiger partial charge in [-0.3, -0.25) is 9.48 Å². The fraction of sp³-hybridized carbons (Fsp3) is 0.391. The molecule has 30 heavy (non-hydrogen) atoms. The molecular formula is C23H30N6O. The lowest BCUT2D eigenvalue weighted by molar-refractivity contribution is -0.115. The molecule has 0 aromatic carbocycles. The van der Waals surface area contributed by atoms with Crippen molar-refractivity contribution in [3.05, 3.63) is 54.5 Å². The third-order valence-electron chi connectivity index (χ3n) is 4.58. The van der Waals surface area contributed by atoms with E-state index in [-0.39, 0.29) is 5.91 Å². The van der Waals surface area contributed by atoms with Gasteiger partial charge in [-0.05, 0) is 58.0 Å². The Balaban J connectivity index is 0.000000735. The van der Waals surface area contributed by atoms with E-state index in [0.717, 1.165) is 36.1 Å². The standard InChI is InChI=1S/C20H21N5O.C3H9N/c1-20(2,14-21)25-13-17(12-23-25)16-8-9-18(22-11-16)24-19(26)10-15-6-4-3-5-7-15;1-3-4-2/h4,6-9,11-13H,3,5,10H2,1-2H3,(H,22,24,26);4H,3H2,1-2H3. The number of anilines is 1. The summed E-state index contributed by atoms with van der Waals surface area (Å²) in [5, 5.41) is 19.2. The summed E-state index contributed by atoms with van der Waals surface area (Å²) in [5.74, 6) is 0.440. The number of aromatic nitrogens is 3. The van der Waals surface area contributed by atoms with Crippen LogP contribution in [0.5, 0.6) is 0 Å². The summed E-state index contributed by atoms with van der Waals surface area (Å²) in [6, 6.07) is 5.86. The molecule has 0 fully saturated rings. The first-order chi connectivity index (χ1) is 14.4. The SMILES string of the molecule is CC(C)(C#N)n1cc(-c2ccc(NC(=O)CC3=CCCC=C3)nc2)cn1.CCNC. The first kappa shape index (κ1) is 23.0. The van der Waals surface area contributed by atoms with E-state index in [4.69, 9.17) is 0 Å². The summed E-state index contributed by atoms with van der Waals surface area (Å²) < 4.78 is 1.63. The number of hydrogen-bond donors (Lipinski definition) is 2. The van der Waals surface area contributed by atoms with Crippen LogP contribution in [0.3, 0.4) is 0 Å². The number of allylic oxidation sites excluding steroid dienone is 3. The second-order valence-corrected chi connectivity index (χ2v) is 7.47. The minimum Gasteiger partial charge on any atom is -0.320 e. The molecule has 0 spiro atoms. The van der Waals surface area contributed by atoms with E-state index in [0.29, 0.717) is 12.2 Å². The average Bonchev–Trinajstić information content (AvgIpc) is 3.26. The summed E-state index contributed by atoms with van der Waals surface area (Å²) in [5.41, 5.74) is 2.08. The van der Waals surface area contributed by atoms with Gasteiger partial charge in [0, 0.05) is 23.5 Å². The van der Waals surface area contributed by atoms with Crippen LogP contribution >= 0.6 is 0 Å². The quantitative estimate of drug-likeness (QED) is 0.755. The van der Waals surface area contributed by atoms with Crippen molar-refractivity contribution in [3.63, 3.8) is 0 Å². The van der Waals surface area contributed by atoms with E-state index in [9.17, 15) is 10.1 Å². The van der Waals surface area contributed by atoms with Crippen molar-refractivity contribution in [2.75, 3.05) is 18.9 Å². The molecule has 7 heteroatoms. The largest absolute Gasteiger partial charge is 0.320 e. The predicted octanol–water partition coefficient (Wildman–Crippen LogP) is 4.03. The second-order valence-electron chi connectivity index (χ2n) is 7.47. The highest BCUT2D eigenvalue weighted by atomic mass is 16.1. The van der Waals surface area contributed by atoms with E-state index in [1.807, 2.05) is 25.4 Å². The third-order valence-corrected chi connectivity index (χ3v) is 4.58. The van der Waals surface area contributed by atoms with Gasteiger partial charge in [0.2, 0.25) is 5.91 Å². The van der Waals surface area contributed by atoms with Gasteiger partial charge in [-0.2, -0.15) is 10.4 Å². The highest BCUT2D eigenvalue weighted by Gasteiger charge is 2.20. The molecule has 0 atom stereocenters. The van der Waals surface area contributed by atoms with Gasteiger partial charge >= 0.3 is 0 Å². The molecule has 0 aliphatic heterocycles. The maximum atomic E-state index is 12.1. The molecule has 2 aromatic rings. The van der Waals surface area contributed by atoms with Crippen LogP contribution in [0.2, 0.25) is 0 Å². The summed E-state index contributed by atoms with van der Waals surface area (Å²) in [7, 11) is 1.93. The Bertz CT molecular complexity index is 929. The number of pyridine rings is 1. The molecule has 1 aliphatic rings. The number of carbonyl (C=O) groups is 1. The van der Waals surface area contributed by atoms with Crippen LogP contribution < -0.4 is 10.6 Å². The normalized spacial score (nSPS) is 13.0. The molecule has 0 radical (unpaired) electrons. The molecule has 3 rings (SSSR count). The number of nitrogens with one attached hydrogen (secondary N) is 2. The minimum absolute atomic E-state index is 0.0772. The lowest BCUT2D eigenvalue weighted by atomic mass is 10.0. The summed E-state index contributed by atoms with van der Waals surface area (Å²) >= 11 is 0. The fourth-order valence-corrected chi connectivity index (χ4v) is 2.64. The monoisotopic (exact) mass is 406 g/mol. The number of nitriles is 1. The summed E-state index contributed by atoms with van der Waals surface area (Å²) in [4.78, 5) is 16.4. The first-order valence-corrected chi connectivity index (χ1v) is 10.1. The van der Waals surface area contributed by atoms with Gasteiger partial charge in [-0.15, -0.1) is 0 Å². The highest BCUT2D eigenvalue weighted by molar-refractivity contribution is 5.91. The molecule has 0 bridgehead atoms. The van der Waals surface area contributed by atoms with Gasteiger partial charge in [0.25, 0.3) is 0 Å². The number of rotatable bonds is 6. The van der Waals surface area contributed by atoms with E-state index in [1.54, 1.807) is 37.0 Å². The Morgan fingerprint density at radius 2 is 2.03 bits per heavy atom. The molecule has 2 N–H and O–H groups in total. The molecule has 1 aliphatic carbocycles. The van der Waals surface area contributed by atoms with Crippen LogP contribution in [0, 0.1) is 11.3 Å². The van der Waals surface area contributed by atoms with Crippen molar-refractivity contribution < 1.29 is 4.79 Å². The molecular weight excluding hydrogens is 376 g/mol. The molecule has 7 nitrogen and oxygen atoms in total. The number of hydrogen-bond acceptors (Lipinski definition) is 5. The van der Waals surface area contributed by atoms with Crippen LogP contribution in [0.25, 0.3) is 11.1 Å². The molecule has 0 unspecified atom stereocenters. The van der Waals surface area contributed by atoms with E-state index < -0.39 is 5.54 Å². The lowest BCUT2D eigenvalue weighted by Gasteiger charge is -2.15. The van der Waals surface area contributed by atoms with Crippen molar-refractivity contribution in [2.24, 2.45) is 0 Å². The number of carbonyl (C=O) groups excluding carboxylic acids is 1. The van der Waals surface area contributed by atoms with E-state index in [1.165, 1.54) is 0 Å². The van der Waals surface area contributed by atoms with Crippen LogP contribution in [-0.4, -0.2) is 34.3 Å². The van der Waals surface area contributed by atoms with Gasteiger partial charge in [-0.25, -0.2) is 4.98 Å². The summed E-state index contributed by atoms with van der Waals surface area (Å²) in [6.45, 7) is 6.75. The fourth-order valence-electron chi connectivity index (χ4n) is 2.64. The average molecular weight is 407 g/mol. The Hall–Kier alpha value is -3.24. The molecule has 2 heterocycles. The van der Waals surface area contributed by atoms with Crippen molar-refractivity contribution in [1.29, 1.82) is 5.26 Å². The maximum Gasteiger partial charge on any atom is 0.229 e. The Morgan fingerprint density at radius 3 is 2.60 bits per heavy atom.